The van der Waals surface area contributed by atoms with Crippen LogP contribution >= 0.6 is 0 Å². The summed E-state index contributed by atoms with van der Waals surface area (Å²) in [7, 11) is 0. The van der Waals surface area contributed by atoms with E-state index in [4.69, 9.17) is 5.26 Å². The Labute approximate surface area is 159 Å². The number of carbonyl (C=O) groups is 2. The largest absolute Gasteiger partial charge is 0.336 e. The van der Waals surface area contributed by atoms with Gasteiger partial charge in [0.25, 0.3) is 0 Å². The molecule has 1 N–H and O–H groups in total. The minimum atomic E-state index is -0.287. The summed E-state index contributed by atoms with van der Waals surface area (Å²) < 4.78 is 0. The lowest BCUT2D eigenvalue weighted by atomic mass is 10.1. The van der Waals surface area contributed by atoms with Crippen LogP contribution in [0.1, 0.15) is 31.4 Å². The van der Waals surface area contributed by atoms with Crippen LogP contribution in [-0.2, 0) is 16.1 Å². The van der Waals surface area contributed by atoms with Gasteiger partial charge in [0.2, 0.25) is 11.8 Å². The zero-order valence-electron chi connectivity index (χ0n) is 15.6. The Balaban J connectivity index is 1.60. The van der Waals surface area contributed by atoms with Crippen molar-refractivity contribution in [3.8, 4) is 6.07 Å². The number of benzene rings is 2. The lowest BCUT2D eigenvalue weighted by Crippen LogP contribution is -2.38. The first-order valence-corrected chi connectivity index (χ1v) is 9.15. The van der Waals surface area contributed by atoms with Crippen molar-refractivity contribution in [1.29, 1.82) is 5.26 Å². The molecule has 0 heterocycles. The van der Waals surface area contributed by atoms with E-state index in [2.05, 4.69) is 5.32 Å². The standard InChI is InChI=1S/C22H23N3O2/c1-15(2)25(14-17-6-4-3-5-7-17)22(27)20-12-19(20)21(26)24-18-10-8-16(13-23)9-11-18/h3-11,15,19-20H,12,14H2,1-2H3,(H,24,26). The van der Waals surface area contributed by atoms with Gasteiger partial charge in [0.1, 0.15) is 0 Å². The minimum Gasteiger partial charge on any atom is -0.336 e. The fourth-order valence-electron chi connectivity index (χ4n) is 3.13. The zero-order chi connectivity index (χ0) is 19.4. The van der Waals surface area contributed by atoms with Gasteiger partial charge < -0.3 is 10.2 Å². The average Bonchev–Trinajstić information content (AvgIpc) is 3.48. The smallest absolute Gasteiger partial charge is 0.228 e. The topological polar surface area (TPSA) is 73.2 Å². The van der Waals surface area contributed by atoms with Crippen molar-refractivity contribution in [2.24, 2.45) is 11.8 Å². The molecule has 0 aliphatic heterocycles. The number of rotatable bonds is 6. The molecule has 1 saturated carbocycles. The van der Waals surface area contributed by atoms with Gasteiger partial charge >= 0.3 is 0 Å². The number of hydrogen-bond donors (Lipinski definition) is 1. The summed E-state index contributed by atoms with van der Waals surface area (Å²) in [5.74, 6) is -0.644. The van der Waals surface area contributed by atoms with Gasteiger partial charge in [-0.2, -0.15) is 5.26 Å². The van der Waals surface area contributed by atoms with E-state index in [1.165, 1.54) is 0 Å². The molecule has 2 unspecified atom stereocenters. The molecule has 1 fully saturated rings. The average molecular weight is 361 g/mol. The highest BCUT2D eigenvalue weighted by atomic mass is 16.2. The molecule has 0 aromatic heterocycles. The maximum absolute atomic E-state index is 12.9. The third-order valence-corrected chi connectivity index (χ3v) is 4.83. The highest BCUT2D eigenvalue weighted by Gasteiger charge is 2.49. The maximum Gasteiger partial charge on any atom is 0.228 e. The molecule has 5 nitrogen and oxygen atoms in total. The van der Waals surface area contributed by atoms with Crippen LogP contribution in [0.25, 0.3) is 0 Å². The molecule has 0 bridgehead atoms. The molecule has 3 rings (SSSR count). The van der Waals surface area contributed by atoms with Crippen LogP contribution in [0, 0.1) is 23.2 Å². The molecule has 2 atom stereocenters. The number of nitriles is 1. The van der Waals surface area contributed by atoms with Crippen LogP contribution in [0.3, 0.4) is 0 Å². The number of carbonyl (C=O) groups excluding carboxylic acids is 2. The molecule has 2 aromatic carbocycles. The van der Waals surface area contributed by atoms with E-state index in [0.717, 1.165) is 5.56 Å². The van der Waals surface area contributed by atoms with Gasteiger partial charge in [0, 0.05) is 18.3 Å². The lowest BCUT2D eigenvalue weighted by Gasteiger charge is -2.27. The Morgan fingerprint density at radius 1 is 1.11 bits per heavy atom. The summed E-state index contributed by atoms with van der Waals surface area (Å²) in [5, 5.41) is 11.7. The van der Waals surface area contributed by atoms with E-state index in [-0.39, 0.29) is 29.7 Å². The first kappa shape index (κ1) is 18.7. The van der Waals surface area contributed by atoms with Crippen molar-refractivity contribution < 1.29 is 9.59 Å². The molecule has 2 amide bonds. The van der Waals surface area contributed by atoms with Crippen molar-refractivity contribution in [3.63, 3.8) is 0 Å². The van der Waals surface area contributed by atoms with Crippen LogP contribution in [0.15, 0.2) is 54.6 Å². The number of nitrogens with one attached hydrogen (secondary N) is 1. The molecule has 2 aromatic rings. The summed E-state index contributed by atoms with van der Waals surface area (Å²) in [6, 6.07) is 18.7. The van der Waals surface area contributed by atoms with Crippen LogP contribution in [0.5, 0.6) is 0 Å². The van der Waals surface area contributed by atoms with Crippen molar-refractivity contribution >= 4 is 17.5 Å². The number of hydrogen-bond acceptors (Lipinski definition) is 3. The molecule has 5 heteroatoms. The van der Waals surface area contributed by atoms with Crippen molar-refractivity contribution in [3.05, 3.63) is 65.7 Å². The first-order chi connectivity index (χ1) is 13.0. The van der Waals surface area contributed by atoms with Gasteiger partial charge in [-0.3, -0.25) is 9.59 Å². The third-order valence-electron chi connectivity index (χ3n) is 4.83. The highest BCUT2D eigenvalue weighted by Crippen LogP contribution is 2.41. The Hall–Kier alpha value is -3.13. The normalized spacial score (nSPS) is 17.9. The summed E-state index contributed by atoms with van der Waals surface area (Å²) in [5.41, 5.74) is 2.27. The predicted molar refractivity (Wildman–Crippen MR) is 104 cm³/mol. The zero-order valence-corrected chi connectivity index (χ0v) is 15.6. The van der Waals surface area contributed by atoms with E-state index in [1.54, 1.807) is 24.3 Å². The first-order valence-electron chi connectivity index (χ1n) is 9.15. The summed E-state index contributed by atoms with van der Waals surface area (Å²) in [4.78, 5) is 27.2. The van der Waals surface area contributed by atoms with Gasteiger partial charge in [0.15, 0.2) is 0 Å². The van der Waals surface area contributed by atoms with Crippen LogP contribution in [-0.4, -0.2) is 22.8 Å². The molecule has 0 radical (unpaired) electrons. The summed E-state index contributed by atoms with van der Waals surface area (Å²) in [6.07, 6.45) is 0.582. The molecule has 1 aliphatic rings. The van der Waals surface area contributed by atoms with Gasteiger partial charge in [-0.05, 0) is 50.1 Å². The fourth-order valence-corrected chi connectivity index (χ4v) is 3.13. The number of anilines is 1. The second-order valence-electron chi connectivity index (χ2n) is 7.17. The Morgan fingerprint density at radius 3 is 2.37 bits per heavy atom. The van der Waals surface area contributed by atoms with Gasteiger partial charge in [-0.15, -0.1) is 0 Å². The van der Waals surface area contributed by atoms with E-state index in [9.17, 15) is 9.59 Å². The molecule has 0 spiro atoms. The quantitative estimate of drug-likeness (QED) is 0.855. The van der Waals surface area contributed by atoms with Crippen LogP contribution in [0.4, 0.5) is 5.69 Å². The predicted octanol–water partition coefficient (Wildman–Crippen LogP) is 3.57. The number of amides is 2. The molecule has 1 aliphatic carbocycles. The molecule has 27 heavy (non-hydrogen) atoms. The Morgan fingerprint density at radius 2 is 1.78 bits per heavy atom. The van der Waals surface area contributed by atoms with E-state index < -0.39 is 0 Å². The highest BCUT2D eigenvalue weighted by molar-refractivity contribution is 5.99. The Bertz CT molecular complexity index is 853. The fraction of sp³-hybridized carbons (Fsp3) is 0.318. The Kier molecular flexibility index (Phi) is 5.56. The second-order valence-corrected chi connectivity index (χ2v) is 7.17. The second kappa shape index (κ2) is 8.05. The van der Waals surface area contributed by atoms with E-state index in [1.807, 2.05) is 55.1 Å². The summed E-state index contributed by atoms with van der Waals surface area (Å²) >= 11 is 0. The van der Waals surface area contributed by atoms with E-state index in [0.29, 0.717) is 24.2 Å². The summed E-state index contributed by atoms with van der Waals surface area (Å²) in [6.45, 7) is 4.54. The third kappa shape index (κ3) is 4.53. The molecular formula is C22H23N3O2. The maximum atomic E-state index is 12.9. The minimum absolute atomic E-state index is 0.0360. The van der Waals surface area contributed by atoms with Gasteiger partial charge in [-0.25, -0.2) is 0 Å². The van der Waals surface area contributed by atoms with Gasteiger partial charge in [0.05, 0.1) is 23.5 Å². The van der Waals surface area contributed by atoms with Crippen molar-refractivity contribution in [1.82, 2.24) is 4.90 Å². The van der Waals surface area contributed by atoms with Crippen LogP contribution in [0.2, 0.25) is 0 Å². The lowest BCUT2D eigenvalue weighted by molar-refractivity contribution is -0.136. The van der Waals surface area contributed by atoms with Crippen molar-refractivity contribution in [2.75, 3.05) is 5.32 Å². The molecule has 138 valence electrons. The van der Waals surface area contributed by atoms with Crippen molar-refractivity contribution in [2.45, 2.75) is 32.9 Å². The SMILES string of the molecule is CC(C)N(Cc1ccccc1)C(=O)C1CC1C(=O)Nc1ccc(C#N)cc1. The molecular weight excluding hydrogens is 338 g/mol. The monoisotopic (exact) mass is 361 g/mol. The van der Waals surface area contributed by atoms with Crippen LogP contribution < -0.4 is 5.32 Å². The van der Waals surface area contributed by atoms with E-state index >= 15 is 0 Å². The van der Waals surface area contributed by atoms with Gasteiger partial charge in [-0.1, -0.05) is 30.3 Å². The number of nitrogens with zero attached hydrogens (tertiary/aromatic N) is 2. The molecule has 0 saturated heterocycles.